The lowest BCUT2D eigenvalue weighted by atomic mass is 10.2. The SMILES string of the molecule is CN=C(NCCOc1cccc(Br)c1)NCC(C)C. The van der Waals surface area contributed by atoms with Crippen LogP contribution < -0.4 is 15.4 Å². The van der Waals surface area contributed by atoms with E-state index in [0.717, 1.165) is 22.7 Å². The van der Waals surface area contributed by atoms with Gasteiger partial charge in [0.1, 0.15) is 12.4 Å². The molecule has 106 valence electrons. The maximum absolute atomic E-state index is 5.63. The average Bonchev–Trinajstić information content (AvgIpc) is 2.38. The van der Waals surface area contributed by atoms with Gasteiger partial charge in [-0.15, -0.1) is 0 Å². The van der Waals surface area contributed by atoms with Gasteiger partial charge in [-0.2, -0.15) is 0 Å². The van der Waals surface area contributed by atoms with Crippen LogP contribution in [0, 0.1) is 5.92 Å². The van der Waals surface area contributed by atoms with Gasteiger partial charge in [-0.05, 0) is 24.1 Å². The van der Waals surface area contributed by atoms with Gasteiger partial charge in [-0.3, -0.25) is 4.99 Å². The van der Waals surface area contributed by atoms with E-state index < -0.39 is 0 Å². The molecule has 0 aliphatic carbocycles. The quantitative estimate of drug-likeness (QED) is 0.479. The van der Waals surface area contributed by atoms with Crippen molar-refractivity contribution in [3.63, 3.8) is 0 Å². The standard InChI is InChI=1S/C14H22BrN3O/c1-11(2)10-18-14(16-3)17-7-8-19-13-6-4-5-12(15)9-13/h4-6,9,11H,7-8,10H2,1-3H3,(H2,16,17,18). The van der Waals surface area contributed by atoms with E-state index >= 15 is 0 Å². The van der Waals surface area contributed by atoms with E-state index in [-0.39, 0.29) is 0 Å². The van der Waals surface area contributed by atoms with E-state index in [1.165, 1.54) is 0 Å². The van der Waals surface area contributed by atoms with Crippen molar-refractivity contribution in [3.05, 3.63) is 28.7 Å². The zero-order chi connectivity index (χ0) is 14.1. The summed E-state index contributed by atoms with van der Waals surface area (Å²) in [5.74, 6) is 2.27. The van der Waals surface area contributed by atoms with E-state index in [1.807, 2.05) is 24.3 Å². The highest BCUT2D eigenvalue weighted by atomic mass is 79.9. The molecule has 0 amide bonds. The van der Waals surface area contributed by atoms with Crippen molar-refractivity contribution in [3.8, 4) is 5.75 Å². The number of benzene rings is 1. The predicted molar refractivity (Wildman–Crippen MR) is 83.8 cm³/mol. The molecule has 0 fully saturated rings. The van der Waals surface area contributed by atoms with Crippen LogP contribution in [0.5, 0.6) is 5.75 Å². The molecule has 0 spiro atoms. The van der Waals surface area contributed by atoms with Crippen LogP contribution >= 0.6 is 15.9 Å². The van der Waals surface area contributed by atoms with Crippen LogP contribution in [0.25, 0.3) is 0 Å². The van der Waals surface area contributed by atoms with Gasteiger partial charge in [-0.1, -0.05) is 35.8 Å². The number of hydrogen-bond acceptors (Lipinski definition) is 2. The summed E-state index contributed by atoms with van der Waals surface area (Å²) >= 11 is 3.41. The van der Waals surface area contributed by atoms with Crippen molar-refractivity contribution in [1.29, 1.82) is 0 Å². The second kappa shape index (κ2) is 8.80. The summed E-state index contributed by atoms with van der Waals surface area (Å²) < 4.78 is 6.65. The van der Waals surface area contributed by atoms with E-state index in [2.05, 4.69) is 45.4 Å². The Kier molecular flexibility index (Phi) is 7.33. The first-order valence-electron chi connectivity index (χ1n) is 6.44. The van der Waals surface area contributed by atoms with Crippen molar-refractivity contribution in [2.75, 3.05) is 26.7 Å². The summed E-state index contributed by atoms with van der Waals surface area (Å²) in [6.45, 7) is 6.54. The lowest BCUT2D eigenvalue weighted by Crippen LogP contribution is -2.40. The molecule has 0 radical (unpaired) electrons. The molecular formula is C14H22BrN3O. The molecule has 0 aliphatic rings. The first-order valence-corrected chi connectivity index (χ1v) is 7.24. The van der Waals surface area contributed by atoms with Crippen LogP contribution in [-0.2, 0) is 0 Å². The van der Waals surface area contributed by atoms with E-state index in [1.54, 1.807) is 7.05 Å². The largest absolute Gasteiger partial charge is 0.492 e. The van der Waals surface area contributed by atoms with Gasteiger partial charge in [0, 0.05) is 18.1 Å². The number of guanidine groups is 1. The summed E-state index contributed by atoms with van der Waals surface area (Å²) in [7, 11) is 1.77. The minimum absolute atomic E-state index is 0.594. The highest BCUT2D eigenvalue weighted by Crippen LogP contribution is 2.17. The minimum atomic E-state index is 0.594. The molecule has 19 heavy (non-hydrogen) atoms. The maximum Gasteiger partial charge on any atom is 0.191 e. The molecule has 0 saturated heterocycles. The second-order valence-corrected chi connectivity index (χ2v) is 5.50. The van der Waals surface area contributed by atoms with Crippen molar-refractivity contribution in [2.45, 2.75) is 13.8 Å². The fraction of sp³-hybridized carbons (Fsp3) is 0.500. The number of rotatable bonds is 6. The van der Waals surface area contributed by atoms with Gasteiger partial charge in [0.25, 0.3) is 0 Å². The number of ether oxygens (including phenoxy) is 1. The normalized spacial score (nSPS) is 11.5. The minimum Gasteiger partial charge on any atom is -0.492 e. The fourth-order valence-corrected chi connectivity index (χ4v) is 1.79. The average molecular weight is 328 g/mol. The lowest BCUT2D eigenvalue weighted by Gasteiger charge is -2.13. The van der Waals surface area contributed by atoms with Gasteiger partial charge in [0.2, 0.25) is 0 Å². The second-order valence-electron chi connectivity index (χ2n) is 4.58. The van der Waals surface area contributed by atoms with E-state index in [0.29, 0.717) is 19.1 Å². The van der Waals surface area contributed by atoms with Gasteiger partial charge in [-0.25, -0.2) is 0 Å². The maximum atomic E-state index is 5.63. The zero-order valence-corrected chi connectivity index (χ0v) is 13.3. The Labute approximate surface area is 123 Å². The third-order valence-corrected chi connectivity index (χ3v) is 2.85. The molecule has 0 heterocycles. The third-order valence-electron chi connectivity index (χ3n) is 2.36. The number of aliphatic imine (C=N–C) groups is 1. The van der Waals surface area contributed by atoms with Crippen LogP contribution in [-0.4, -0.2) is 32.7 Å². The van der Waals surface area contributed by atoms with Crippen molar-refractivity contribution >= 4 is 21.9 Å². The molecule has 0 atom stereocenters. The predicted octanol–water partition coefficient (Wildman–Crippen LogP) is 2.65. The summed E-state index contributed by atoms with van der Waals surface area (Å²) in [6, 6.07) is 7.82. The lowest BCUT2D eigenvalue weighted by molar-refractivity contribution is 0.321. The number of halogens is 1. The Hall–Kier alpha value is -1.23. The molecular weight excluding hydrogens is 306 g/mol. The highest BCUT2D eigenvalue weighted by molar-refractivity contribution is 9.10. The van der Waals surface area contributed by atoms with Crippen molar-refractivity contribution < 1.29 is 4.74 Å². The molecule has 1 rings (SSSR count). The van der Waals surface area contributed by atoms with Crippen LogP contribution in [0.4, 0.5) is 0 Å². The van der Waals surface area contributed by atoms with Crippen LogP contribution in [0.3, 0.4) is 0 Å². The summed E-state index contributed by atoms with van der Waals surface area (Å²) in [6.07, 6.45) is 0. The molecule has 0 bridgehead atoms. The highest BCUT2D eigenvalue weighted by Gasteiger charge is 1.99. The molecule has 0 aromatic heterocycles. The molecule has 0 saturated carbocycles. The summed E-state index contributed by atoms with van der Waals surface area (Å²) in [4.78, 5) is 4.15. The third kappa shape index (κ3) is 7.06. The van der Waals surface area contributed by atoms with Crippen LogP contribution in [0.2, 0.25) is 0 Å². The Balaban J connectivity index is 2.22. The summed E-state index contributed by atoms with van der Waals surface area (Å²) in [5.41, 5.74) is 0. The number of nitrogens with one attached hydrogen (secondary N) is 2. The molecule has 1 aromatic rings. The Morgan fingerprint density at radius 1 is 1.37 bits per heavy atom. The molecule has 1 aromatic carbocycles. The Morgan fingerprint density at radius 3 is 2.79 bits per heavy atom. The number of hydrogen-bond donors (Lipinski definition) is 2. The first-order chi connectivity index (χ1) is 9.11. The number of nitrogens with zero attached hydrogens (tertiary/aromatic N) is 1. The van der Waals surface area contributed by atoms with Crippen molar-refractivity contribution in [2.24, 2.45) is 10.9 Å². The monoisotopic (exact) mass is 327 g/mol. The topological polar surface area (TPSA) is 45.7 Å². The van der Waals surface area contributed by atoms with Gasteiger partial charge < -0.3 is 15.4 Å². The molecule has 5 heteroatoms. The first kappa shape index (κ1) is 15.8. The van der Waals surface area contributed by atoms with Gasteiger partial charge >= 0.3 is 0 Å². The molecule has 2 N–H and O–H groups in total. The molecule has 4 nitrogen and oxygen atoms in total. The fourth-order valence-electron chi connectivity index (χ4n) is 1.42. The summed E-state index contributed by atoms with van der Waals surface area (Å²) in [5, 5.41) is 6.46. The van der Waals surface area contributed by atoms with Gasteiger partial charge in [0.05, 0.1) is 6.54 Å². The smallest absolute Gasteiger partial charge is 0.191 e. The Morgan fingerprint density at radius 2 is 2.16 bits per heavy atom. The van der Waals surface area contributed by atoms with Crippen LogP contribution in [0.1, 0.15) is 13.8 Å². The van der Waals surface area contributed by atoms with Crippen molar-refractivity contribution in [1.82, 2.24) is 10.6 Å². The Bertz CT molecular complexity index is 407. The molecule has 0 aliphatic heterocycles. The van der Waals surface area contributed by atoms with Crippen LogP contribution in [0.15, 0.2) is 33.7 Å². The van der Waals surface area contributed by atoms with Gasteiger partial charge in [0.15, 0.2) is 5.96 Å². The van der Waals surface area contributed by atoms with E-state index in [4.69, 9.17) is 4.74 Å². The van der Waals surface area contributed by atoms with E-state index in [9.17, 15) is 0 Å². The zero-order valence-electron chi connectivity index (χ0n) is 11.7. The molecule has 0 unspecified atom stereocenters.